The lowest BCUT2D eigenvalue weighted by atomic mass is 10.1. The number of ketones is 1. The Morgan fingerprint density at radius 1 is 1.62 bits per heavy atom. The van der Waals surface area contributed by atoms with Crippen molar-refractivity contribution in [3.05, 3.63) is 27.3 Å². The lowest BCUT2D eigenvalue weighted by Gasteiger charge is -2.08. The van der Waals surface area contributed by atoms with Crippen LogP contribution in [-0.4, -0.2) is 10.9 Å². The van der Waals surface area contributed by atoms with Gasteiger partial charge in [0.15, 0.2) is 5.78 Å². The van der Waals surface area contributed by atoms with E-state index < -0.39 is 5.38 Å². The molecule has 2 nitrogen and oxygen atoms in total. The Balaban J connectivity index is 3.08. The quantitative estimate of drug-likeness (QED) is 0.674. The maximum absolute atomic E-state index is 11.0. The molecule has 1 atom stereocenters. The molecule has 1 rings (SSSR count). The second-order valence-corrected chi connectivity index (χ2v) is 4.28. The van der Waals surface area contributed by atoms with Crippen LogP contribution in [0, 0.1) is 3.57 Å². The molecule has 0 heterocycles. The second-order valence-electron chi connectivity index (χ2n) is 2.68. The zero-order valence-corrected chi connectivity index (χ0v) is 9.83. The molecule has 70 valence electrons. The Hall–Kier alpha value is -0.290. The molecule has 1 N–H and O–H groups in total. The molecule has 0 radical (unpaired) electrons. The van der Waals surface area contributed by atoms with Crippen molar-refractivity contribution in [1.82, 2.24) is 0 Å². The molecular weight excluding hydrogens is 302 g/mol. The minimum absolute atomic E-state index is 0.0923. The van der Waals surface area contributed by atoms with Gasteiger partial charge in [-0.2, -0.15) is 0 Å². The number of phenolic OH excluding ortho intramolecular Hbond substituents is 1. The van der Waals surface area contributed by atoms with Gasteiger partial charge in [-0.1, -0.05) is 6.07 Å². The molecule has 0 spiro atoms. The SMILES string of the molecule is CC(=O)C(Cl)c1ccc(O)cc1I. The molecule has 13 heavy (non-hydrogen) atoms. The van der Waals surface area contributed by atoms with Gasteiger partial charge >= 0.3 is 0 Å². The summed E-state index contributed by atoms with van der Waals surface area (Å²) in [6.45, 7) is 1.45. The largest absolute Gasteiger partial charge is 0.508 e. The van der Waals surface area contributed by atoms with Gasteiger partial charge in [0.2, 0.25) is 0 Å². The molecule has 1 aromatic rings. The van der Waals surface area contributed by atoms with Crippen LogP contribution in [0.3, 0.4) is 0 Å². The van der Waals surface area contributed by atoms with E-state index in [2.05, 4.69) is 0 Å². The lowest BCUT2D eigenvalue weighted by Crippen LogP contribution is -2.03. The van der Waals surface area contributed by atoms with Crippen molar-refractivity contribution in [2.75, 3.05) is 0 Å². The summed E-state index contributed by atoms with van der Waals surface area (Å²) in [4.78, 5) is 11.0. The van der Waals surface area contributed by atoms with Gasteiger partial charge in [0.1, 0.15) is 11.1 Å². The number of Topliss-reactive ketones (excluding diaryl/α,β-unsaturated/α-hetero) is 1. The van der Waals surface area contributed by atoms with Crippen LogP contribution in [-0.2, 0) is 4.79 Å². The maximum atomic E-state index is 11.0. The minimum Gasteiger partial charge on any atom is -0.508 e. The van der Waals surface area contributed by atoms with E-state index in [1.165, 1.54) is 13.0 Å². The normalized spacial score (nSPS) is 12.5. The molecule has 1 unspecified atom stereocenters. The van der Waals surface area contributed by atoms with Gasteiger partial charge in [0.25, 0.3) is 0 Å². The maximum Gasteiger partial charge on any atom is 0.152 e. The number of carbonyl (C=O) groups is 1. The monoisotopic (exact) mass is 310 g/mol. The number of aromatic hydroxyl groups is 1. The number of phenols is 1. The first-order chi connectivity index (χ1) is 6.02. The fourth-order valence-electron chi connectivity index (χ4n) is 0.941. The molecule has 0 saturated heterocycles. The molecular formula is C9H8ClIO2. The van der Waals surface area contributed by atoms with Crippen molar-refractivity contribution in [2.24, 2.45) is 0 Å². The Morgan fingerprint density at radius 2 is 2.23 bits per heavy atom. The molecule has 1 aromatic carbocycles. The molecule has 0 aliphatic carbocycles. The van der Waals surface area contributed by atoms with Gasteiger partial charge in [-0.05, 0) is 47.2 Å². The summed E-state index contributed by atoms with van der Waals surface area (Å²) in [7, 11) is 0. The highest BCUT2D eigenvalue weighted by molar-refractivity contribution is 14.1. The molecule has 0 amide bonds. The lowest BCUT2D eigenvalue weighted by molar-refractivity contribution is -0.116. The second kappa shape index (κ2) is 4.28. The Morgan fingerprint density at radius 3 is 2.69 bits per heavy atom. The van der Waals surface area contributed by atoms with Crippen molar-refractivity contribution in [2.45, 2.75) is 12.3 Å². The summed E-state index contributed by atoms with van der Waals surface area (Å²) in [5.74, 6) is 0.0887. The summed E-state index contributed by atoms with van der Waals surface area (Å²) in [6.07, 6.45) is 0. The smallest absolute Gasteiger partial charge is 0.152 e. The number of carbonyl (C=O) groups excluding carboxylic acids is 1. The van der Waals surface area contributed by atoms with E-state index in [0.29, 0.717) is 0 Å². The van der Waals surface area contributed by atoms with Crippen molar-refractivity contribution in [1.29, 1.82) is 0 Å². The number of alkyl halides is 1. The number of hydrogen-bond donors (Lipinski definition) is 1. The van der Waals surface area contributed by atoms with E-state index in [9.17, 15) is 4.79 Å². The van der Waals surface area contributed by atoms with Crippen molar-refractivity contribution in [3.63, 3.8) is 0 Å². The fourth-order valence-corrected chi connectivity index (χ4v) is 2.13. The number of hydrogen-bond acceptors (Lipinski definition) is 2. The number of benzene rings is 1. The Bertz CT molecular complexity index is 338. The summed E-state index contributed by atoms with van der Waals surface area (Å²) < 4.78 is 0.799. The van der Waals surface area contributed by atoms with Crippen molar-refractivity contribution >= 4 is 40.0 Å². The minimum atomic E-state index is -0.618. The van der Waals surface area contributed by atoms with E-state index in [1.54, 1.807) is 12.1 Å². The third-order valence-electron chi connectivity index (χ3n) is 1.61. The predicted molar refractivity (Wildman–Crippen MR) is 60.1 cm³/mol. The third-order valence-corrected chi connectivity index (χ3v) is 3.09. The highest BCUT2D eigenvalue weighted by Gasteiger charge is 2.15. The number of halogens is 2. The molecule has 0 aliphatic rings. The van der Waals surface area contributed by atoms with Crippen LogP contribution >= 0.6 is 34.2 Å². The van der Waals surface area contributed by atoms with Gasteiger partial charge in [-0.25, -0.2) is 0 Å². The van der Waals surface area contributed by atoms with Crippen LogP contribution in [0.4, 0.5) is 0 Å². The first-order valence-corrected chi connectivity index (χ1v) is 5.17. The van der Waals surface area contributed by atoms with Crippen LogP contribution in [0.15, 0.2) is 18.2 Å². The van der Waals surface area contributed by atoms with Crippen LogP contribution in [0.5, 0.6) is 5.75 Å². The summed E-state index contributed by atoms with van der Waals surface area (Å²) in [5, 5.41) is 8.51. The Kier molecular flexibility index (Phi) is 3.55. The molecule has 4 heteroatoms. The highest BCUT2D eigenvalue weighted by Crippen LogP contribution is 2.28. The highest BCUT2D eigenvalue weighted by atomic mass is 127. The fraction of sp³-hybridized carbons (Fsp3) is 0.222. The van der Waals surface area contributed by atoms with Gasteiger partial charge in [0.05, 0.1) is 0 Å². The van der Waals surface area contributed by atoms with Crippen molar-refractivity contribution in [3.8, 4) is 5.75 Å². The molecule has 0 bridgehead atoms. The van der Waals surface area contributed by atoms with Gasteiger partial charge < -0.3 is 5.11 Å². The number of rotatable bonds is 2. The van der Waals surface area contributed by atoms with E-state index >= 15 is 0 Å². The van der Waals surface area contributed by atoms with Crippen LogP contribution in [0.2, 0.25) is 0 Å². The van der Waals surface area contributed by atoms with E-state index in [1.807, 2.05) is 22.6 Å². The first kappa shape index (κ1) is 10.8. The standard InChI is InChI=1S/C9H8ClIO2/c1-5(12)9(10)7-3-2-6(13)4-8(7)11/h2-4,9,13H,1H3. The first-order valence-electron chi connectivity index (χ1n) is 3.65. The topological polar surface area (TPSA) is 37.3 Å². The average molecular weight is 311 g/mol. The van der Waals surface area contributed by atoms with Gasteiger partial charge in [0, 0.05) is 3.57 Å². The van der Waals surface area contributed by atoms with Crippen molar-refractivity contribution < 1.29 is 9.90 Å². The molecule has 0 aliphatic heterocycles. The van der Waals surface area contributed by atoms with E-state index in [4.69, 9.17) is 16.7 Å². The zero-order chi connectivity index (χ0) is 10.0. The predicted octanol–water partition coefficient (Wildman–Crippen LogP) is 2.87. The van der Waals surface area contributed by atoms with Crippen LogP contribution in [0.1, 0.15) is 17.9 Å². The van der Waals surface area contributed by atoms with Crippen LogP contribution in [0.25, 0.3) is 0 Å². The zero-order valence-electron chi connectivity index (χ0n) is 6.92. The summed E-state index contributed by atoms with van der Waals surface area (Å²) in [6, 6.07) is 4.76. The van der Waals surface area contributed by atoms with E-state index in [-0.39, 0.29) is 11.5 Å². The molecule has 0 fully saturated rings. The third kappa shape index (κ3) is 2.57. The summed E-state index contributed by atoms with van der Waals surface area (Å²) >= 11 is 7.90. The molecule has 0 saturated carbocycles. The van der Waals surface area contributed by atoms with Gasteiger partial charge in [-0.3, -0.25) is 4.79 Å². The molecule has 0 aromatic heterocycles. The average Bonchev–Trinajstić information content (AvgIpc) is 2.03. The van der Waals surface area contributed by atoms with Gasteiger partial charge in [-0.15, -0.1) is 11.6 Å². The Labute approximate surface area is 95.0 Å². The summed E-state index contributed by atoms with van der Waals surface area (Å²) in [5.41, 5.74) is 0.743. The van der Waals surface area contributed by atoms with Crippen LogP contribution < -0.4 is 0 Å². The van der Waals surface area contributed by atoms with E-state index in [0.717, 1.165) is 9.13 Å².